The van der Waals surface area contributed by atoms with E-state index in [0.29, 0.717) is 0 Å². The molecule has 0 bridgehead atoms. The molecule has 1 heterocycles. The monoisotopic (exact) mass is 216 g/mol. The minimum atomic E-state index is -0.329. The van der Waals surface area contributed by atoms with E-state index in [4.69, 9.17) is 5.73 Å². The van der Waals surface area contributed by atoms with Crippen molar-refractivity contribution in [1.29, 1.82) is 0 Å². The van der Waals surface area contributed by atoms with E-state index in [1.54, 1.807) is 18.5 Å². The van der Waals surface area contributed by atoms with Crippen LogP contribution in [0.15, 0.2) is 42.7 Å². The maximum Gasteiger partial charge on any atom is 0.123 e. The topological polar surface area (TPSA) is 38.9 Å². The van der Waals surface area contributed by atoms with Gasteiger partial charge in [0.2, 0.25) is 0 Å². The van der Waals surface area contributed by atoms with Gasteiger partial charge in [0, 0.05) is 12.4 Å². The minimum Gasteiger partial charge on any atom is -0.320 e. The lowest BCUT2D eigenvalue weighted by Crippen LogP contribution is -2.13. The Bertz CT molecular complexity index is 497. The number of hydrogen-bond acceptors (Lipinski definition) is 2. The summed E-state index contributed by atoms with van der Waals surface area (Å²) in [7, 11) is 0. The smallest absolute Gasteiger partial charge is 0.123 e. The highest BCUT2D eigenvalue weighted by Gasteiger charge is 2.11. The highest BCUT2D eigenvalue weighted by Crippen LogP contribution is 2.21. The molecule has 1 aromatic carbocycles. The van der Waals surface area contributed by atoms with Crippen LogP contribution in [-0.4, -0.2) is 4.98 Å². The minimum absolute atomic E-state index is 0.269. The van der Waals surface area contributed by atoms with Crippen LogP contribution in [0.5, 0.6) is 0 Å². The molecule has 82 valence electrons. The number of halogens is 1. The summed E-state index contributed by atoms with van der Waals surface area (Å²) < 4.78 is 13.1. The summed E-state index contributed by atoms with van der Waals surface area (Å²) in [5, 5.41) is 0. The highest BCUT2D eigenvalue weighted by molar-refractivity contribution is 5.34. The standard InChI is InChI=1S/C13H13FN2/c1-9-5-6-16-8-12(9)13(15)10-3-2-4-11(14)7-10/h2-8,13H,15H2,1H3. The summed E-state index contributed by atoms with van der Waals surface area (Å²) in [4.78, 5) is 4.04. The largest absolute Gasteiger partial charge is 0.320 e. The van der Waals surface area contributed by atoms with Crippen molar-refractivity contribution in [3.8, 4) is 0 Å². The van der Waals surface area contributed by atoms with E-state index in [0.717, 1.165) is 16.7 Å². The second kappa shape index (κ2) is 4.41. The van der Waals surface area contributed by atoms with E-state index in [9.17, 15) is 4.39 Å². The first-order chi connectivity index (χ1) is 7.68. The highest BCUT2D eigenvalue weighted by atomic mass is 19.1. The predicted molar refractivity (Wildman–Crippen MR) is 61.4 cm³/mol. The van der Waals surface area contributed by atoms with Crippen molar-refractivity contribution in [2.45, 2.75) is 13.0 Å². The fourth-order valence-electron chi connectivity index (χ4n) is 1.68. The van der Waals surface area contributed by atoms with Crippen LogP contribution in [0.4, 0.5) is 4.39 Å². The number of aryl methyl sites for hydroxylation is 1. The fraction of sp³-hybridized carbons (Fsp3) is 0.154. The Kier molecular flexibility index (Phi) is 2.97. The van der Waals surface area contributed by atoms with Gasteiger partial charge in [-0.25, -0.2) is 4.39 Å². The van der Waals surface area contributed by atoms with Crippen molar-refractivity contribution in [1.82, 2.24) is 4.98 Å². The van der Waals surface area contributed by atoms with E-state index >= 15 is 0 Å². The Morgan fingerprint density at radius 3 is 2.81 bits per heavy atom. The van der Waals surface area contributed by atoms with E-state index in [-0.39, 0.29) is 11.9 Å². The number of nitrogens with zero attached hydrogens (tertiary/aromatic N) is 1. The van der Waals surface area contributed by atoms with Gasteiger partial charge in [0.25, 0.3) is 0 Å². The molecule has 0 saturated carbocycles. The zero-order valence-corrected chi connectivity index (χ0v) is 9.02. The first-order valence-corrected chi connectivity index (χ1v) is 5.10. The maximum absolute atomic E-state index is 13.1. The molecular formula is C13H13FN2. The maximum atomic E-state index is 13.1. The molecule has 0 amide bonds. The molecule has 16 heavy (non-hydrogen) atoms. The molecule has 0 radical (unpaired) electrons. The second-order valence-corrected chi connectivity index (χ2v) is 3.76. The van der Waals surface area contributed by atoms with Gasteiger partial charge < -0.3 is 5.73 Å². The fourth-order valence-corrected chi connectivity index (χ4v) is 1.68. The first kappa shape index (κ1) is 10.8. The Balaban J connectivity index is 2.39. The van der Waals surface area contributed by atoms with Gasteiger partial charge in [-0.1, -0.05) is 12.1 Å². The molecule has 0 fully saturated rings. The van der Waals surface area contributed by atoms with E-state index < -0.39 is 0 Å². The van der Waals surface area contributed by atoms with Crippen LogP contribution in [0, 0.1) is 12.7 Å². The average molecular weight is 216 g/mol. The zero-order chi connectivity index (χ0) is 11.5. The van der Waals surface area contributed by atoms with Crippen LogP contribution < -0.4 is 5.73 Å². The van der Waals surface area contributed by atoms with Gasteiger partial charge in [-0.15, -0.1) is 0 Å². The van der Waals surface area contributed by atoms with Gasteiger partial charge in [-0.05, 0) is 41.8 Å². The second-order valence-electron chi connectivity index (χ2n) is 3.76. The van der Waals surface area contributed by atoms with E-state index in [1.807, 2.05) is 19.1 Å². The SMILES string of the molecule is Cc1ccncc1C(N)c1cccc(F)c1. The van der Waals surface area contributed by atoms with E-state index in [1.165, 1.54) is 12.1 Å². The Labute approximate surface area is 93.9 Å². The summed E-state index contributed by atoms with van der Waals surface area (Å²) in [6, 6.07) is 7.92. The van der Waals surface area contributed by atoms with Gasteiger partial charge in [-0.2, -0.15) is 0 Å². The summed E-state index contributed by atoms with van der Waals surface area (Å²) in [5.74, 6) is -0.269. The summed E-state index contributed by atoms with van der Waals surface area (Å²) in [5.41, 5.74) is 8.83. The van der Waals surface area contributed by atoms with Crippen LogP contribution in [0.1, 0.15) is 22.7 Å². The molecule has 0 aliphatic carbocycles. The molecule has 0 saturated heterocycles. The van der Waals surface area contributed by atoms with Crippen LogP contribution in [-0.2, 0) is 0 Å². The number of aromatic nitrogens is 1. The molecule has 0 aliphatic rings. The normalized spacial score (nSPS) is 12.4. The third-order valence-electron chi connectivity index (χ3n) is 2.62. The Morgan fingerprint density at radius 1 is 1.31 bits per heavy atom. The molecule has 2 nitrogen and oxygen atoms in total. The van der Waals surface area contributed by atoms with Crippen molar-refractivity contribution in [2.24, 2.45) is 5.73 Å². The molecule has 1 aromatic heterocycles. The number of pyridine rings is 1. The van der Waals surface area contributed by atoms with Gasteiger partial charge >= 0.3 is 0 Å². The van der Waals surface area contributed by atoms with Gasteiger partial charge in [0.1, 0.15) is 5.82 Å². The van der Waals surface area contributed by atoms with Crippen molar-refractivity contribution in [3.63, 3.8) is 0 Å². The van der Waals surface area contributed by atoms with Crippen molar-refractivity contribution in [3.05, 3.63) is 65.2 Å². The lowest BCUT2D eigenvalue weighted by Gasteiger charge is -2.14. The Morgan fingerprint density at radius 2 is 2.12 bits per heavy atom. The van der Waals surface area contributed by atoms with Crippen molar-refractivity contribution >= 4 is 0 Å². The van der Waals surface area contributed by atoms with Crippen LogP contribution >= 0.6 is 0 Å². The van der Waals surface area contributed by atoms with Gasteiger partial charge in [-0.3, -0.25) is 4.98 Å². The number of benzene rings is 1. The quantitative estimate of drug-likeness (QED) is 0.838. The molecule has 0 aliphatic heterocycles. The average Bonchev–Trinajstić information content (AvgIpc) is 2.29. The van der Waals surface area contributed by atoms with Gasteiger partial charge in [0.05, 0.1) is 6.04 Å². The molecule has 2 rings (SSSR count). The molecule has 2 N–H and O–H groups in total. The lowest BCUT2D eigenvalue weighted by atomic mass is 9.98. The summed E-state index contributed by atoms with van der Waals surface area (Å²) in [6.07, 6.45) is 3.45. The van der Waals surface area contributed by atoms with Crippen molar-refractivity contribution < 1.29 is 4.39 Å². The molecule has 1 unspecified atom stereocenters. The summed E-state index contributed by atoms with van der Waals surface area (Å²) >= 11 is 0. The van der Waals surface area contributed by atoms with Crippen LogP contribution in [0.3, 0.4) is 0 Å². The molecule has 1 atom stereocenters. The summed E-state index contributed by atoms with van der Waals surface area (Å²) in [6.45, 7) is 1.97. The lowest BCUT2D eigenvalue weighted by molar-refractivity contribution is 0.623. The molecule has 3 heteroatoms. The third kappa shape index (κ3) is 2.09. The van der Waals surface area contributed by atoms with Crippen molar-refractivity contribution in [2.75, 3.05) is 0 Å². The number of nitrogens with two attached hydrogens (primary N) is 1. The molecular weight excluding hydrogens is 203 g/mol. The molecule has 2 aromatic rings. The van der Waals surface area contributed by atoms with Crippen LogP contribution in [0.2, 0.25) is 0 Å². The number of hydrogen-bond donors (Lipinski definition) is 1. The number of rotatable bonds is 2. The van der Waals surface area contributed by atoms with Gasteiger partial charge in [0.15, 0.2) is 0 Å². The van der Waals surface area contributed by atoms with E-state index in [2.05, 4.69) is 4.98 Å². The Hall–Kier alpha value is -1.74. The third-order valence-corrected chi connectivity index (χ3v) is 2.62. The first-order valence-electron chi connectivity index (χ1n) is 5.10. The predicted octanol–water partition coefficient (Wildman–Crippen LogP) is 2.58. The zero-order valence-electron chi connectivity index (χ0n) is 9.02. The molecule has 0 spiro atoms. The van der Waals surface area contributed by atoms with Crippen LogP contribution in [0.25, 0.3) is 0 Å².